The molecule has 2 aliphatic rings. The van der Waals surface area contributed by atoms with Crippen molar-refractivity contribution in [2.75, 3.05) is 0 Å². The molecular weight excluding hydrogens is 370 g/mol. The molecule has 0 saturated carbocycles. The smallest absolute Gasteiger partial charge is 0.116 e. The predicted octanol–water partition coefficient (Wildman–Crippen LogP) is 4.34. The van der Waals surface area contributed by atoms with E-state index in [4.69, 9.17) is 0 Å². The van der Waals surface area contributed by atoms with E-state index in [2.05, 4.69) is 50.2 Å². The summed E-state index contributed by atoms with van der Waals surface area (Å²) in [4.78, 5) is 0. The summed E-state index contributed by atoms with van der Waals surface area (Å²) in [5.41, 5.74) is 3.97. The predicted molar refractivity (Wildman–Crippen MR) is 84.6 cm³/mol. The van der Waals surface area contributed by atoms with Gasteiger partial charge in [-0.2, -0.15) is 0 Å². The molecule has 0 aromatic heterocycles. The van der Waals surface area contributed by atoms with Gasteiger partial charge in [0.25, 0.3) is 0 Å². The molecule has 0 bridgehead atoms. The van der Waals surface area contributed by atoms with Crippen LogP contribution in [0, 0.1) is 0 Å². The molecule has 3 rings (SSSR count). The fraction of sp³-hybridized carbons (Fsp3) is 0.333. The number of hydrogen-bond donors (Lipinski definition) is 2. The summed E-state index contributed by atoms with van der Waals surface area (Å²) >= 11 is 7.13. The standard InChI is InChI=1S/C15H15Br2NO/c1-8-14-9(5-12(19)6-13(14)17)2-3-10-4-11(16)7-18-15(8)10/h4-8,15,18-19H,2-3H2,1H3/t8-,15?/m1/s1. The molecule has 1 aromatic rings. The van der Waals surface area contributed by atoms with Gasteiger partial charge < -0.3 is 10.4 Å². The number of hydrogen-bond acceptors (Lipinski definition) is 2. The lowest BCUT2D eigenvalue weighted by Crippen LogP contribution is -2.33. The molecule has 0 amide bonds. The zero-order valence-corrected chi connectivity index (χ0v) is 13.8. The van der Waals surface area contributed by atoms with Gasteiger partial charge in [0.1, 0.15) is 5.75 Å². The first-order valence-corrected chi connectivity index (χ1v) is 7.98. The van der Waals surface area contributed by atoms with E-state index in [0.717, 1.165) is 21.8 Å². The zero-order chi connectivity index (χ0) is 13.6. The molecular formula is C15H15Br2NO. The lowest BCUT2D eigenvalue weighted by atomic mass is 9.88. The third kappa shape index (κ3) is 2.36. The fourth-order valence-corrected chi connectivity index (χ4v) is 4.38. The zero-order valence-electron chi connectivity index (χ0n) is 10.6. The van der Waals surface area contributed by atoms with Crippen LogP contribution in [-0.2, 0) is 6.42 Å². The Morgan fingerprint density at radius 3 is 2.84 bits per heavy atom. The second-order valence-electron chi connectivity index (χ2n) is 5.18. The highest BCUT2D eigenvalue weighted by Gasteiger charge is 2.30. The van der Waals surface area contributed by atoms with E-state index >= 15 is 0 Å². The SMILES string of the molecule is C[C@@H]1c2c(Br)cc(O)cc2CCC2=CC(Br)=CNC21. The van der Waals surface area contributed by atoms with Crippen molar-refractivity contribution in [3.8, 4) is 5.75 Å². The van der Waals surface area contributed by atoms with Crippen molar-refractivity contribution in [3.63, 3.8) is 0 Å². The van der Waals surface area contributed by atoms with Crippen LogP contribution in [0.15, 0.2) is 38.9 Å². The van der Waals surface area contributed by atoms with Crippen LogP contribution in [-0.4, -0.2) is 11.1 Å². The minimum absolute atomic E-state index is 0.336. The van der Waals surface area contributed by atoms with Crippen molar-refractivity contribution in [1.29, 1.82) is 0 Å². The molecule has 0 saturated heterocycles. The molecule has 0 radical (unpaired) electrons. The quantitative estimate of drug-likeness (QED) is 0.697. The molecule has 1 aliphatic carbocycles. The summed E-state index contributed by atoms with van der Waals surface area (Å²) in [6, 6.07) is 4.03. The highest BCUT2D eigenvalue weighted by molar-refractivity contribution is 9.12. The summed E-state index contributed by atoms with van der Waals surface area (Å²) in [6.45, 7) is 2.24. The van der Waals surface area contributed by atoms with Crippen LogP contribution >= 0.6 is 31.9 Å². The third-order valence-electron chi connectivity index (χ3n) is 3.96. The number of aryl methyl sites for hydroxylation is 1. The molecule has 2 atom stereocenters. The van der Waals surface area contributed by atoms with Crippen LogP contribution in [0.2, 0.25) is 0 Å². The number of benzene rings is 1. The summed E-state index contributed by atoms with van der Waals surface area (Å²) in [5, 5.41) is 13.3. The van der Waals surface area contributed by atoms with Crippen LogP contribution in [0.5, 0.6) is 5.75 Å². The van der Waals surface area contributed by atoms with Crippen LogP contribution in [0.25, 0.3) is 0 Å². The number of allylic oxidation sites excluding steroid dienone is 2. The van der Waals surface area contributed by atoms with Crippen molar-refractivity contribution in [2.45, 2.75) is 31.7 Å². The fourth-order valence-electron chi connectivity index (χ4n) is 3.10. The Morgan fingerprint density at radius 1 is 1.26 bits per heavy atom. The van der Waals surface area contributed by atoms with Crippen LogP contribution < -0.4 is 5.32 Å². The molecule has 100 valence electrons. The van der Waals surface area contributed by atoms with Gasteiger partial charge in [-0.15, -0.1) is 0 Å². The second-order valence-corrected chi connectivity index (χ2v) is 6.95. The van der Waals surface area contributed by atoms with E-state index in [1.807, 2.05) is 12.3 Å². The monoisotopic (exact) mass is 383 g/mol. The van der Waals surface area contributed by atoms with Gasteiger partial charge in [-0.1, -0.05) is 22.9 Å². The number of halogens is 2. The largest absolute Gasteiger partial charge is 0.508 e. The van der Waals surface area contributed by atoms with Gasteiger partial charge in [0.15, 0.2) is 0 Å². The van der Waals surface area contributed by atoms with Crippen LogP contribution in [0.4, 0.5) is 0 Å². The van der Waals surface area contributed by atoms with Crippen molar-refractivity contribution in [2.24, 2.45) is 0 Å². The van der Waals surface area contributed by atoms with Crippen molar-refractivity contribution in [3.05, 3.63) is 50.1 Å². The molecule has 19 heavy (non-hydrogen) atoms. The number of rotatable bonds is 0. The maximum Gasteiger partial charge on any atom is 0.116 e. The maximum atomic E-state index is 9.77. The first kappa shape index (κ1) is 13.3. The van der Waals surface area contributed by atoms with Crippen molar-refractivity contribution < 1.29 is 5.11 Å². The average molecular weight is 385 g/mol. The lowest BCUT2D eigenvalue weighted by Gasteiger charge is -2.29. The first-order chi connectivity index (χ1) is 9.06. The van der Waals surface area contributed by atoms with E-state index < -0.39 is 0 Å². The number of phenolic OH excluding ortho intramolecular Hbond substituents is 1. The van der Waals surface area contributed by atoms with Crippen molar-refractivity contribution in [1.82, 2.24) is 5.32 Å². The minimum atomic E-state index is 0.336. The normalized spacial score (nSPS) is 25.4. The van der Waals surface area contributed by atoms with Gasteiger partial charge in [0, 0.05) is 21.1 Å². The summed E-state index contributed by atoms with van der Waals surface area (Å²) < 4.78 is 2.10. The average Bonchev–Trinajstić information content (AvgIpc) is 2.47. The van der Waals surface area contributed by atoms with Crippen LogP contribution in [0.3, 0.4) is 0 Å². The Hall–Kier alpha value is -0.740. The molecule has 1 aliphatic heterocycles. The minimum Gasteiger partial charge on any atom is -0.508 e. The van der Waals surface area contributed by atoms with E-state index in [0.29, 0.717) is 17.7 Å². The lowest BCUT2D eigenvalue weighted by molar-refractivity contribution is 0.473. The third-order valence-corrected chi connectivity index (χ3v) is 5.08. The Balaban J connectivity index is 2.09. The van der Waals surface area contributed by atoms with Gasteiger partial charge in [-0.3, -0.25) is 0 Å². The number of dihydropyridines is 1. The Morgan fingerprint density at radius 2 is 2.05 bits per heavy atom. The second kappa shape index (κ2) is 4.98. The number of fused-ring (bicyclic) bond motifs is 2. The maximum absolute atomic E-state index is 9.77. The topological polar surface area (TPSA) is 32.3 Å². The van der Waals surface area contributed by atoms with E-state index in [1.165, 1.54) is 16.7 Å². The van der Waals surface area contributed by atoms with Gasteiger partial charge in [-0.25, -0.2) is 0 Å². The molecule has 0 fully saturated rings. The summed E-state index contributed by atoms with van der Waals surface area (Å²) in [5.74, 6) is 0.708. The molecule has 2 nitrogen and oxygen atoms in total. The number of aromatic hydroxyl groups is 1. The molecule has 2 N–H and O–H groups in total. The summed E-state index contributed by atoms with van der Waals surface area (Å²) in [7, 11) is 0. The van der Waals surface area contributed by atoms with Gasteiger partial charge in [0.2, 0.25) is 0 Å². The molecule has 1 aromatic carbocycles. The first-order valence-electron chi connectivity index (χ1n) is 6.39. The Kier molecular flexibility index (Phi) is 3.48. The highest BCUT2D eigenvalue weighted by atomic mass is 79.9. The molecule has 1 heterocycles. The molecule has 1 unspecified atom stereocenters. The van der Waals surface area contributed by atoms with Gasteiger partial charge >= 0.3 is 0 Å². The van der Waals surface area contributed by atoms with E-state index in [-0.39, 0.29) is 0 Å². The number of phenols is 1. The Labute approximate surface area is 129 Å². The van der Waals surface area contributed by atoms with Crippen LogP contribution in [0.1, 0.15) is 30.4 Å². The highest BCUT2D eigenvalue weighted by Crippen LogP contribution is 2.41. The molecule has 4 heteroatoms. The van der Waals surface area contributed by atoms with Gasteiger partial charge in [-0.05, 0) is 63.7 Å². The van der Waals surface area contributed by atoms with E-state index in [9.17, 15) is 5.11 Å². The van der Waals surface area contributed by atoms with Crippen molar-refractivity contribution >= 4 is 31.9 Å². The molecule has 0 spiro atoms. The Bertz CT molecular complexity index is 592. The number of nitrogens with one attached hydrogen (secondary N) is 1. The van der Waals surface area contributed by atoms with Gasteiger partial charge in [0.05, 0.1) is 6.04 Å². The summed E-state index contributed by atoms with van der Waals surface area (Å²) in [6.07, 6.45) is 6.23. The van der Waals surface area contributed by atoms with E-state index in [1.54, 1.807) is 6.07 Å².